The van der Waals surface area contributed by atoms with Crippen LogP contribution in [-0.4, -0.2) is 24.5 Å². The SMILES string of the molecule is O=C(O)c1ncsc1NS(=O)(=O)Cc1ccccc1I. The summed E-state index contributed by atoms with van der Waals surface area (Å²) in [6.07, 6.45) is 0. The van der Waals surface area contributed by atoms with E-state index in [1.165, 1.54) is 5.51 Å². The molecule has 106 valence electrons. The molecule has 0 bridgehead atoms. The van der Waals surface area contributed by atoms with Crippen molar-refractivity contribution in [3.63, 3.8) is 0 Å². The lowest BCUT2D eigenvalue weighted by atomic mass is 10.2. The van der Waals surface area contributed by atoms with Crippen molar-refractivity contribution >= 4 is 54.9 Å². The number of halogens is 1. The smallest absolute Gasteiger partial charge is 0.357 e. The van der Waals surface area contributed by atoms with Crippen LogP contribution in [0.3, 0.4) is 0 Å². The quantitative estimate of drug-likeness (QED) is 0.719. The Balaban J connectivity index is 2.22. The average molecular weight is 424 g/mol. The summed E-state index contributed by atoms with van der Waals surface area (Å²) in [6.45, 7) is 0. The molecule has 2 rings (SSSR count). The van der Waals surface area contributed by atoms with Gasteiger partial charge in [-0.1, -0.05) is 18.2 Å². The van der Waals surface area contributed by atoms with Gasteiger partial charge in [-0.3, -0.25) is 4.72 Å². The summed E-state index contributed by atoms with van der Waals surface area (Å²) in [5.74, 6) is -1.48. The molecule has 1 aromatic heterocycles. The number of hydrogen-bond acceptors (Lipinski definition) is 5. The van der Waals surface area contributed by atoms with E-state index in [4.69, 9.17) is 5.11 Å². The molecule has 2 N–H and O–H groups in total. The molecule has 0 atom stereocenters. The highest BCUT2D eigenvalue weighted by atomic mass is 127. The van der Waals surface area contributed by atoms with Gasteiger partial charge in [-0.2, -0.15) is 0 Å². The zero-order chi connectivity index (χ0) is 14.8. The van der Waals surface area contributed by atoms with Gasteiger partial charge >= 0.3 is 5.97 Å². The van der Waals surface area contributed by atoms with Crippen molar-refractivity contribution in [2.45, 2.75) is 5.75 Å². The van der Waals surface area contributed by atoms with E-state index in [2.05, 4.69) is 32.3 Å². The third kappa shape index (κ3) is 3.67. The van der Waals surface area contributed by atoms with E-state index in [0.717, 1.165) is 14.9 Å². The predicted molar refractivity (Wildman–Crippen MR) is 84.5 cm³/mol. The van der Waals surface area contributed by atoms with Crippen LogP contribution in [0.5, 0.6) is 0 Å². The minimum atomic E-state index is -3.68. The van der Waals surface area contributed by atoms with Gasteiger partial charge in [0.1, 0.15) is 5.00 Å². The molecule has 0 aliphatic carbocycles. The van der Waals surface area contributed by atoms with Gasteiger partial charge < -0.3 is 5.11 Å². The maximum atomic E-state index is 12.1. The molecule has 0 aliphatic heterocycles. The minimum Gasteiger partial charge on any atom is -0.476 e. The van der Waals surface area contributed by atoms with E-state index < -0.39 is 16.0 Å². The zero-order valence-corrected chi connectivity index (χ0v) is 13.7. The molecule has 0 unspecified atom stereocenters. The summed E-state index contributed by atoms with van der Waals surface area (Å²) >= 11 is 2.99. The van der Waals surface area contributed by atoms with Crippen LogP contribution in [0.4, 0.5) is 5.00 Å². The Morgan fingerprint density at radius 1 is 1.40 bits per heavy atom. The van der Waals surface area contributed by atoms with Crippen LogP contribution in [0.25, 0.3) is 0 Å². The number of nitrogens with one attached hydrogen (secondary N) is 1. The molecule has 2 aromatic rings. The molecule has 0 amide bonds. The van der Waals surface area contributed by atoms with Crippen molar-refractivity contribution in [3.05, 3.63) is 44.6 Å². The van der Waals surface area contributed by atoms with Crippen LogP contribution in [0, 0.1) is 3.57 Å². The number of nitrogens with zero attached hydrogens (tertiary/aromatic N) is 1. The number of sulfonamides is 1. The molecule has 0 saturated carbocycles. The number of rotatable bonds is 5. The highest BCUT2D eigenvalue weighted by Crippen LogP contribution is 2.23. The highest BCUT2D eigenvalue weighted by molar-refractivity contribution is 14.1. The van der Waals surface area contributed by atoms with Gasteiger partial charge in [-0.15, -0.1) is 11.3 Å². The standard InChI is InChI=1S/C11H9IN2O4S2/c12-8-4-2-1-3-7(8)5-20(17,18)14-10-9(11(15)16)13-6-19-10/h1-4,6,14H,5H2,(H,15,16). The highest BCUT2D eigenvalue weighted by Gasteiger charge is 2.20. The Morgan fingerprint density at radius 3 is 2.75 bits per heavy atom. The first-order chi connectivity index (χ1) is 9.39. The van der Waals surface area contributed by atoms with Crippen LogP contribution in [0.15, 0.2) is 29.8 Å². The van der Waals surface area contributed by atoms with Gasteiger partial charge in [0, 0.05) is 3.57 Å². The monoisotopic (exact) mass is 424 g/mol. The summed E-state index contributed by atoms with van der Waals surface area (Å²) in [4.78, 5) is 14.5. The first kappa shape index (κ1) is 15.2. The van der Waals surface area contributed by atoms with Crippen molar-refractivity contribution in [2.24, 2.45) is 0 Å². The van der Waals surface area contributed by atoms with Gasteiger partial charge in [-0.25, -0.2) is 18.2 Å². The van der Waals surface area contributed by atoms with Crippen LogP contribution < -0.4 is 4.72 Å². The first-order valence-corrected chi connectivity index (χ1v) is 8.91. The minimum absolute atomic E-state index is 0.0171. The van der Waals surface area contributed by atoms with Crippen LogP contribution in [0.1, 0.15) is 16.1 Å². The molecule has 1 heterocycles. The van der Waals surface area contributed by atoms with Crippen molar-refractivity contribution in [2.75, 3.05) is 4.72 Å². The number of thiazole rings is 1. The number of hydrogen-bond donors (Lipinski definition) is 2. The molecule has 9 heteroatoms. The third-order valence-corrected chi connectivity index (χ3v) is 5.45. The molecule has 0 aliphatic rings. The largest absolute Gasteiger partial charge is 0.476 e. The first-order valence-electron chi connectivity index (χ1n) is 5.30. The second-order valence-electron chi connectivity index (χ2n) is 3.79. The van der Waals surface area contributed by atoms with E-state index in [1.54, 1.807) is 18.2 Å². The summed E-state index contributed by atoms with van der Waals surface area (Å²) in [5, 5.41) is 8.91. The van der Waals surface area contributed by atoms with Crippen molar-refractivity contribution in [1.82, 2.24) is 4.98 Å². The summed E-state index contributed by atoms with van der Waals surface area (Å²) < 4.78 is 27.2. The Bertz CT molecular complexity index is 742. The molecule has 0 radical (unpaired) electrons. The molecule has 20 heavy (non-hydrogen) atoms. The fourth-order valence-corrected chi connectivity index (χ4v) is 4.51. The molecule has 0 saturated heterocycles. The van der Waals surface area contributed by atoms with Gasteiger partial charge in [-0.05, 0) is 34.2 Å². The Morgan fingerprint density at radius 2 is 2.10 bits per heavy atom. The Hall–Kier alpha value is -1.20. The number of carboxylic acid groups (broad SMARTS) is 1. The van der Waals surface area contributed by atoms with Gasteiger partial charge in [0.2, 0.25) is 10.0 Å². The van der Waals surface area contributed by atoms with E-state index in [0.29, 0.717) is 5.56 Å². The number of benzene rings is 1. The van der Waals surface area contributed by atoms with E-state index in [-0.39, 0.29) is 16.4 Å². The summed E-state index contributed by atoms with van der Waals surface area (Å²) in [7, 11) is -3.68. The maximum absolute atomic E-state index is 12.1. The molecular weight excluding hydrogens is 415 g/mol. The van der Waals surface area contributed by atoms with Gasteiger partial charge in [0.25, 0.3) is 0 Å². The van der Waals surface area contributed by atoms with E-state index in [9.17, 15) is 13.2 Å². The lowest BCUT2D eigenvalue weighted by Crippen LogP contribution is -2.16. The average Bonchev–Trinajstić information content (AvgIpc) is 2.79. The number of aromatic nitrogens is 1. The third-order valence-electron chi connectivity index (χ3n) is 2.32. The van der Waals surface area contributed by atoms with Crippen molar-refractivity contribution < 1.29 is 18.3 Å². The maximum Gasteiger partial charge on any atom is 0.357 e. The summed E-state index contributed by atoms with van der Waals surface area (Å²) in [6, 6.07) is 7.09. The van der Waals surface area contributed by atoms with Gasteiger partial charge in [0.05, 0.1) is 11.3 Å². The normalized spacial score (nSPS) is 11.2. The van der Waals surface area contributed by atoms with E-state index >= 15 is 0 Å². The number of carbonyl (C=O) groups is 1. The molecule has 6 nitrogen and oxygen atoms in total. The number of carboxylic acids is 1. The topological polar surface area (TPSA) is 96.4 Å². The lowest BCUT2D eigenvalue weighted by molar-refractivity contribution is 0.0692. The number of aromatic carboxylic acids is 1. The molecule has 1 aromatic carbocycles. The van der Waals surface area contributed by atoms with E-state index in [1.807, 2.05) is 6.07 Å². The Kier molecular flexibility index (Phi) is 4.60. The fraction of sp³-hybridized carbons (Fsp3) is 0.0909. The van der Waals surface area contributed by atoms with Crippen LogP contribution in [-0.2, 0) is 15.8 Å². The van der Waals surface area contributed by atoms with Crippen LogP contribution in [0.2, 0.25) is 0 Å². The zero-order valence-electron chi connectivity index (χ0n) is 9.91. The molecular formula is C11H9IN2O4S2. The molecule has 0 fully saturated rings. The predicted octanol–water partition coefficient (Wildman–Crippen LogP) is 2.39. The number of anilines is 1. The second-order valence-corrected chi connectivity index (χ2v) is 7.53. The molecule has 0 spiro atoms. The fourth-order valence-electron chi connectivity index (χ4n) is 1.47. The second kappa shape index (κ2) is 6.06. The van der Waals surface area contributed by atoms with Crippen molar-refractivity contribution in [1.29, 1.82) is 0 Å². The van der Waals surface area contributed by atoms with Gasteiger partial charge in [0.15, 0.2) is 5.69 Å². The summed E-state index contributed by atoms with van der Waals surface area (Å²) in [5.41, 5.74) is 1.65. The Labute approximate surface area is 133 Å². The van der Waals surface area contributed by atoms with Crippen LogP contribution >= 0.6 is 33.9 Å². The lowest BCUT2D eigenvalue weighted by Gasteiger charge is -2.08. The van der Waals surface area contributed by atoms with Crippen molar-refractivity contribution in [3.8, 4) is 0 Å².